The molecule has 0 amide bonds. The van der Waals surface area contributed by atoms with Crippen LogP contribution in [-0.4, -0.2) is 31.6 Å². The van der Waals surface area contributed by atoms with Crippen molar-refractivity contribution in [2.24, 2.45) is 0 Å². The van der Waals surface area contributed by atoms with Crippen LogP contribution in [0.25, 0.3) is 0 Å². The molecule has 1 unspecified atom stereocenters. The minimum absolute atomic E-state index is 0.605. The third-order valence-corrected chi connectivity index (χ3v) is 2.99. The highest BCUT2D eigenvalue weighted by molar-refractivity contribution is 5.50. The Labute approximate surface area is 98.2 Å². The van der Waals surface area contributed by atoms with Crippen molar-refractivity contribution in [2.45, 2.75) is 19.4 Å². The Morgan fingerprint density at radius 1 is 1.25 bits per heavy atom. The summed E-state index contributed by atoms with van der Waals surface area (Å²) in [7, 11) is 4.17. The number of para-hydroxylation sites is 1. The number of benzene rings is 1. The highest BCUT2D eigenvalue weighted by Gasteiger charge is 2.24. The maximum atomic E-state index is 2.47. The number of nitrogens with zero attached hydrogens (tertiary/aromatic N) is 2. The molecule has 1 atom stereocenters. The summed E-state index contributed by atoms with van der Waals surface area (Å²) in [5.41, 5.74) is 2.85. The van der Waals surface area contributed by atoms with Gasteiger partial charge in [-0.2, -0.15) is 0 Å². The summed E-state index contributed by atoms with van der Waals surface area (Å²) >= 11 is 0. The van der Waals surface area contributed by atoms with Crippen LogP contribution in [0, 0.1) is 0 Å². The first-order chi connectivity index (χ1) is 7.66. The second kappa shape index (κ2) is 4.60. The standard InChI is InChI=1S/C14H20N2/c1-12-9-13(10-15(2)3)11-16(12)14-7-5-4-6-8-14/h4-8,10,12H,9,11H2,1-3H3/b13-10+. The predicted octanol–water partition coefficient (Wildman–Crippen LogP) is 2.73. The number of hydrogen-bond acceptors (Lipinski definition) is 2. The molecule has 0 spiro atoms. The van der Waals surface area contributed by atoms with Gasteiger partial charge >= 0.3 is 0 Å². The van der Waals surface area contributed by atoms with Crippen molar-refractivity contribution < 1.29 is 0 Å². The highest BCUT2D eigenvalue weighted by Crippen LogP contribution is 2.28. The van der Waals surface area contributed by atoms with Crippen molar-refractivity contribution in [1.29, 1.82) is 0 Å². The van der Waals surface area contributed by atoms with Crippen LogP contribution in [0.15, 0.2) is 42.1 Å². The fourth-order valence-electron chi connectivity index (χ4n) is 2.35. The van der Waals surface area contributed by atoms with E-state index < -0.39 is 0 Å². The Morgan fingerprint density at radius 2 is 1.94 bits per heavy atom. The molecule has 1 heterocycles. The summed E-state index contributed by atoms with van der Waals surface area (Å²) in [5, 5.41) is 0. The lowest BCUT2D eigenvalue weighted by Crippen LogP contribution is -2.26. The first kappa shape index (κ1) is 11.1. The molecule has 0 bridgehead atoms. The van der Waals surface area contributed by atoms with E-state index in [1.54, 1.807) is 0 Å². The zero-order chi connectivity index (χ0) is 11.5. The molecule has 2 nitrogen and oxygen atoms in total. The molecule has 0 aliphatic carbocycles. The van der Waals surface area contributed by atoms with Crippen LogP contribution >= 0.6 is 0 Å². The van der Waals surface area contributed by atoms with Crippen molar-refractivity contribution in [2.75, 3.05) is 25.5 Å². The first-order valence-corrected chi connectivity index (χ1v) is 5.84. The lowest BCUT2D eigenvalue weighted by molar-refractivity contribution is 0.556. The average Bonchev–Trinajstić information content (AvgIpc) is 2.60. The van der Waals surface area contributed by atoms with Gasteiger partial charge in [0, 0.05) is 32.4 Å². The Bertz CT molecular complexity index is 368. The van der Waals surface area contributed by atoms with Gasteiger partial charge in [0.1, 0.15) is 0 Å². The Hall–Kier alpha value is -1.44. The smallest absolute Gasteiger partial charge is 0.0409 e. The van der Waals surface area contributed by atoms with Crippen LogP contribution < -0.4 is 4.90 Å². The Balaban J connectivity index is 2.14. The molecule has 0 radical (unpaired) electrons. The summed E-state index contributed by atoms with van der Waals surface area (Å²) in [6, 6.07) is 11.3. The summed E-state index contributed by atoms with van der Waals surface area (Å²) in [6.45, 7) is 3.35. The molecule has 1 aromatic rings. The van der Waals surface area contributed by atoms with Gasteiger partial charge in [-0.3, -0.25) is 0 Å². The monoisotopic (exact) mass is 216 g/mol. The topological polar surface area (TPSA) is 6.48 Å². The Morgan fingerprint density at radius 3 is 2.56 bits per heavy atom. The third kappa shape index (κ3) is 2.38. The van der Waals surface area contributed by atoms with E-state index in [-0.39, 0.29) is 0 Å². The van der Waals surface area contributed by atoms with E-state index >= 15 is 0 Å². The summed E-state index contributed by atoms with van der Waals surface area (Å²) in [4.78, 5) is 4.60. The van der Waals surface area contributed by atoms with E-state index in [9.17, 15) is 0 Å². The third-order valence-electron chi connectivity index (χ3n) is 2.99. The molecule has 1 aliphatic rings. The normalized spacial score (nSPS) is 22.8. The molecular formula is C14H20N2. The zero-order valence-electron chi connectivity index (χ0n) is 10.4. The SMILES string of the molecule is CC1C/C(=C\N(C)C)CN1c1ccccc1. The number of anilines is 1. The predicted molar refractivity (Wildman–Crippen MR) is 69.6 cm³/mol. The number of rotatable bonds is 2. The second-order valence-corrected chi connectivity index (χ2v) is 4.77. The maximum absolute atomic E-state index is 2.47. The quantitative estimate of drug-likeness (QED) is 0.750. The molecule has 16 heavy (non-hydrogen) atoms. The van der Waals surface area contributed by atoms with E-state index in [4.69, 9.17) is 0 Å². The van der Waals surface area contributed by atoms with E-state index in [2.05, 4.69) is 67.4 Å². The van der Waals surface area contributed by atoms with Crippen molar-refractivity contribution in [1.82, 2.24) is 4.90 Å². The zero-order valence-corrected chi connectivity index (χ0v) is 10.4. The molecule has 2 rings (SSSR count). The fraction of sp³-hybridized carbons (Fsp3) is 0.429. The molecule has 86 valence electrons. The molecular weight excluding hydrogens is 196 g/mol. The minimum atomic E-state index is 0.605. The highest BCUT2D eigenvalue weighted by atomic mass is 15.2. The fourth-order valence-corrected chi connectivity index (χ4v) is 2.35. The molecule has 1 saturated heterocycles. The van der Waals surface area contributed by atoms with E-state index in [1.807, 2.05) is 0 Å². The van der Waals surface area contributed by atoms with E-state index in [0.717, 1.165) is 6.54 Å². The van der Waals surface area contributed by atoms with Crippen molar-refractivity contribution in [3.8, 4) is 0 Å². The minimum Gasteiger partial charge on any atom is -0.383 e. The van der Waals surface area contributed by atoms with Crippen molar-refractivity contribution >= 4 is 5.69 Å². The van der Waals surface area contributed by atoms with Gasteiger partial charge in [-0.15, -0.1) is 0 Å². The summed E-state index contributed by atoms with van der Waals surface area (Å²) < 4.78 is 0. The Kier molecular flexibility index (Phi) is 3.18. The molecule has 2 heteroatoms. The van der Waals surface area contributed by atoms with Gasteiger partial charge in [-0.1, -0.05) is 18.2 Å². The molecule has 1 aliphatic heterocycles. The lowest BCUT2D eigenvalue weighted by atomic mass is 10.2. The lowest BCUT2D eigenvalue weighted by Gasteiger charge is -2.23. The van der Waals surface area contributed by atoms with Crippen LogP contribution in [-0.2, 0) is 0 Å². The molecule has 0 saturated carbocycles. The largest absolute Gasteiger partial charge is 0.383 e. The van der Waals surface area contributed by atoms with Gasteiger partial charge < -0.3 is 9.80 Å². The van der Waals surface area contributed by atoms with Gasteiger partial charge in [-0.25, -0.2) is 0 Å². The van der Waals surface area contributed by atoms with Gasteiger partial charge in [0.15, 0.2) is 0 Å². The molecule has 1 aromatic carbocycles. The van der Waals surface area contributed by atoms with Crippen LogP contribution in [0.2, 0.25) is 0 Å². The average molecular weight is 216 g/mol. The van der Waals surface area contributed by atoms with Crippen molar-refractivity contribution in [3.05, 3.63) is 42.1 Å². The van der Waals surface area contributed by atoms with Crippen LogP contribution in [0.4, 0.5) is 5.69 Å². The van der Waals surface area contributed by atoms with Gasteiger partial charge in [0.05, 0.1) is 0 Å². The van der Waals surface area contributed by atoms with Crippen LogP contribution in [0.3, 0.4) is 0 Å². The molecule has 0 N–H and O–H groups in total. The summed E-state index contributed by atoms with van der Waals surface area (Å²) in [6.07, 6.45) is 3.42. The van der Waals surface area contributed by atoms with E-state index in [1.165, 1.54) is 17.7 Å². The van der Waals surface area contributed by atoms with Gasteiger partial charge in [0.2, 0.25) is 0 Å². The van der Waals surface area contributed by atoms with Crippen molar-refractivity contribution in [3.63, 3.8) is 0 Å². The first-order valence-electron chi connectivity index (χ1n) is 5.84. The number of hydrogen-bond donors (Lipinski definition) is 0. The van der Waals surface area contributed by atoms with Gasteiger partial charge in [0.25, 0.3) is 0 Å². The van der Waals surface area contributed by atoms with Gasteiger partial charge in [-0.05, 0) is 37.3 Å². The van der Waals surface area contributed by atoms with Crippen LogP contribution in [0.5, 0.6) is 0 Å². The van der Waals surface area contributed by atoms with Crippen LogP contribution in [0.1, 0.15) is 13.3 Å². The molecule has 0 aromatic heterocycles. The maximum Gasteiger partial charge on any atom is 0.0409 e. The molecule has 1 fully saturated rings. The summed E-state index contributed by atoms with van der Waals surface area (Å²) in [5.74, 6) is 0. The second-order valence-electron chi connectivity index (χ2n) is 4.77. The van der Waals surface area contributed by atoms with E-state index in [0.29, 0.717) is 6.04 Å².